The molecular formula is C13H19FO4S. The van der Waals surface area contributed by atoms with E-state index in [4.69, 9.17) is 4.74 Å². The van der Waals surface area contributed by atoms with Crippen LogP contribution in [0.4, 0.5) is 4.39 Å². The maximum absolute atomic E-state index is 13.5. The highest BCUT2D eigenvalue weighted by Gasteiger charge is 2.10. The van der Waals surface area contributed by atoms with Crippen LogP contribution in [-0.4, -0.2) is 31.6 Å². The lowest BCUT2D eigenvalue weighted by Crippen LogP contribution is -2.12. The van der Waals surface area contributed by atoms with Crippen molar-refractivity contribution < 1.29 is 22.7 Å². The van der Waals surface area contributed by atoms with Gasteiger partial charge in [-0.25, -0.2) is 12.8 Å². The molecule has 0 heterocycles. The molecule has 0 fully saturated rings. The molecule has 0 spiro atoms. The summed E-state index contributed by atoms with van der Waals surface area (Å²) in [5, 5.41) is 9.28. The molecule has 0 saturated heterocycles. The van der Waals surface area contributed by atoms with Gasteiger partial charge in [0.1, 0.15) is 21.4 Å². The normalized spacial score (nSPS) is 13.3. The molecule has 6 heteroatoms. The highest BCUT2D eigenvalue weighted by Crippen LogP contribution is 2.21. The highest BCUT2D eigenvalue weighted by atomic mass is 32.2. The molecule has 1 aromatic rings. The standard InChI is InChI=1S/C13H19FO4S/c1-3-19(16,17)8-4-7-18-11-5-6-12(10(2)15)13(14)9-11/h5-6,9-10,15H,3-4,7-8H2,1-2H3/t10-/m0/s1. The van der Waals surface area contributed by atoms with Gasteiger partial charge in [0.2, 0.25) is 0 Å². The minimum atomic E-state index is -2.99. The number of hydrogen-bond acceptors (Lipinski definition) is 4. The second kappa shape index (κ2) is 6.86. The van der Waals surface area contributed by atoms with Gasteiger partial charge in [-0.15, -0.1) is 0 Å². The van der Waals surface area contributed by atoms with Crippen LogP contribution in [0.2, 0.25) is 0 Å². The van der Waals surface area contributed by atoms with Crippen LogP contribution in [0.1, 0.15) is 31.9 Å². The van der Waals surface area contributed by atoms with Crippen molar-refractivity contribution in [3.8, 4) is 5.75 Å². The maximum Gasteiger partial charge on any atom is 0.150 e. The molecule has 1 aromatic carbocycles. The predicted octanol–water partition coefficient (Wildman–Crippen LogP) is 2.08. The molecule has 108 valence electrons. The Hall–Kier alpha value is -1.14. The Morgan fingerprint density at radius 1 is 1.42 bits per heavy atom. The zero-order valence-corrected chi connectivity index (χ0v) is 11.9. The fourth-order valence-electron chi connectivity index (χ4n) is 1.55. The van der Waals surface area contributed by atoms with Crippen LogP contribution >= 0.6 is 0 Å². The second-order valence-electron chi connectivity index (χ2n) is 4.30. The summed E-state index contributed by atoms with van der Waals surface area (Å²) in [6.07, 6.45) is -0.501. The quantitative estimate of drug-likeness (QED) is 0.781. The number of aliphatic hydroxyl groups is 1. The van der Waals surface area contributed by atoms with Crippen LogP contribution in [0.25, 0.3) is 0 Å². The molecule has 0 aromatic heterocycles. The predicted molar refractivity (Wildman–Crippen MR) is 71.5 cm³/mol. The fraction of sp³-hybridized carbons (Fsp3) is 0.538. The van der Waals surface area contributed by atoms with Crippen molar-refractivity contribution in [2.24, 2.45) is 0 Å². The first-order chi connectivity index (χ1) is 8.85. The van der Waals surface area contributed by atoms with Crippen LogP contribution in [-0.2, 0) is 9.84 Å². The lowest BCUT2D eigenvalue weighted by molar-refractivity contribution is 0.194. The summed E-state index contributed by atoms with van der Waals surface area (Å²) in [6.45, 7) is 3.29. The van der Waals surface area contributed by atoms with Crippen molar-refractivity contribution in [3.63, 3.8) is 0 Å². The van der Waals surface area contributed by atoms with Crippen molar-refractivity contribution in [1.82, 2.24) is 0 Å². The van der Waals surface area contributed by atoms with Gasteiger partial charge in [-0.05, 0) is 25.5 Å². The third-order valence-corrected chi connectivity index (χ3v) is 4.52. The third-order valence-electron chi connectivity index (χ3n) is 2.73. The van der Waals surface area contributed by atoms with Crippen LogP contribution in [0.15, 0.2) is 18.2 Å². The number of sulfone groups is 1. The summed E-state index contributed by atoms with van der Waals surface area (Å²) in [4.78, 5) is 0. The molecule has 0 bridgehead atoms. The molecule has 1 atom stereocenters. The Labute approximate surface area is 113 Å². The number of halogens is 1. The minimum Gasteiger partial charge on any atom is -0.493 e. The van der Waals surface area contributed by atoms with E-state index in [1.165, 1.54) is 19.1 Å². The van der Waals surface area contributed by atoms with Gasteiger partial charge in [0, 0.05) is 17.4 Å². The fourth-order valence-corrected chi connectivity index (χ4v) is 2.40. The summed E-state index contributed by atoms with van der Waals surface area (Å²) >= 11 is 0. The smallest absolute Gasteiger partial charge is 0.150 e. The van der Waals surface area contributed by atoms with E-state index < -0.39 is 21.8 Å². The summed E-state index contributed by atoms with van der Waals surface area (Å²) in [5.74, 6) is -0.0212. The molecule has 0 aliphatic rings. The SMILES string of the molecule is CCS(=O)(=O)CCCOc1ccc([C@H](C)O)c(F)c1. The monoisotopic (exact) mass is 290 g/mol. The van der Waals surface area contributed by atoms with Gasteiger partial charge in [0.05, 0.1) is 18.5 Å². The molecule has 0 aliphatic carbocycles. The Kier molecular flexibility index (Phi) is 5.75. The molecule has 1 rings (SSSR count). The van der Waals surface area contributed by atoms with Crippen molar-refractivity contribution >= 4 is 9.84 Å². The molecule has 1 N–H and O–H groups in total. The Bertz CT molecular complexity index is 511. The van der Waals surface area contributed by atoms with E-state index in [2.05, 4.69) is 0 Å². The number of rotatable bonds is 7. The molecule has 0 unspecified atom stereocenters. The van der Waals surface area contributed by atoms with E-state index >= 15 is 0 Å². The molecular weight excluding hydrogens is 271 g/mol. The maximum atomic E-state index is 13.5. The van der Waals surface area contributed by atoms with E-state index in [-0.39, 0.29) is 23.7 Å². The zero-order valence-electron chi connectivity index (χ0n) is 11.1. The Morgan fingerprint density at radius 2 is 2.11 bits per heavy atom. The van der Waals surface area contributed by atoms with Gasteiger partial charge in [-0.1, -0.05) is 6.92 Å². The second-order valence-corrected chi connectivity index (χ2v) is 6.77. The van der Waals surface area contributed by atoms with Crippen LogP contribution in [0, 0.1) is 5.82 Å². The molecule has 4 nitrogen and oxygen atoms in total. The van der Waals surface area contributed by atoms with Crippen LogP contribution < -0.4 is 4.74 Å². The number of aliphatic hydroxyl groups excluding tert-OH is 1. The minimum absolute atomic E-state index is 0.0672. The first-order valence-corrected chi connectivity index (χ1v) is 7.98. The highest BCUT2D eigenvalue weighted by molar-refractivity contribution is 7.91. The van der Waals surface area contributed by atoms with Gasteiger partial charge in [0.25, 0.3) is 0 Å². The number of hydrogen-bond donors (Lipinski definition) is 1. The molecule has 19 heavy (non-hydrogen) atoms. The van der Waals surface area contributed by atoms with Crippen molar-refractivity contribution in [1.29, 1.82) is 0 Å². The molecule has 0 amide bonds. The molecule has 0 radical (unpaired) electrons. The first-order valence-electron chi connectivity index (χ1n) is 6.16. The van der Waals surface area contributed by atoms with Crippen LogP contribution in [0.3, 0.4) is 0 Å². The van der Waals surface area contributed by atoms with E-state index in [0.29, 0.717) is 12.2 Å². The lowest BCUT2D eigenvalue weighted by atomic mass is 10.1. The van der Waals surface area contributed by atoms with Crippen molar-refractivity contribution in [3.05, 3.63) is 29.6 Å². The first kappa shape index (κ1) is 15.9. The average Bonchev–Trinajstić information content (AvgIpc) is 2.34. The largest absolute Gasteiger partial charge is 0.493 e. The van der Waals surface area contributed by atoms with Crippen molar-refractivity contribution in [2.45, 2.75) is 26.4 Å². The topological polar surface area (TPSA) is 63.6 Å². The summed E-state index contributed by atoms with van der Waals surface area (Å²) in [7, 11) is -2.99. The van der Waals surface area contributed by atoms with E-state index in [0.717, 1.165) is 0 Å². The zero-order chi connectivity index (χ0) is 14.5. The van der Waals surface area contributed by atoms with E-state index in [9.17, 15) is 17.9 Å². The van der Waals surface area contributed by atoms with Gasteiger partial charge < -0.3 is 9.84 Å². The Balaban J connectivity index is 2.49. The van der Waals surface area contributed by atoms with Gasteiger partial charge >= 0.3 is 0 Å². The Morgan fingerprint density at radius 3 is 2.63 bits per heavy atom. The number of benzene rings is 1. The third kappa shape index (κ3) is 5.16. The average molecular weight is 290 g/mol. The van der Waals surface area contributed by atoms with Crippen LogP contribution in [0.5, 0.6) is 5.75 Å². The van der Waals surface area contributed by atoms with Gasteiger partial charge in [-0.2, -0.15) is 0 Å². The lowest BCUT2D eigenvalue weighted by Gasteiger charge is -2.10. The van der Waals surface area contributed by atoms with Crippen molar-refractivity contribution in [2.75, 3.05) is 18.1 Å². The van der Waals surface area contributed by atoms with E-state index in [1.807, 2.05) is 0 Å². The van der Waals surface area contributed by atoms with Gasteiger partial charge in [0.15, 0.2) is 0 Å². The molecule has 0 saturated carbocycles. The summed E-state index contributed by atoms with van der Waals surface area (Å²) in [6, 6.07) is 4.20. The molecule has 0 aliphatic heterocycles. The van der Waals surface area contributed by atoms with Gasteiger partial charge in [-0.3, -0.25) is 0 Å². The number of ether oxygens (including phenoxy) is 1. The summed E-state index contributed by atoms with van der Waals surface area (Å²) in [5.41, 5.74) is 0.209. The summed E-state index contributed by atoms with van der Waals surface area (Å²) < 4.78 is 41.3. The van der Waals surface area contributed by atoms with E-state index in [1.54, 1.807) is 13.0 Å².